The van der Waals surface area contributed by atoms with E-state index >= 15 is 0 Å². The number of hydrogen-bond donors (Lipinski definition) is 2. The van der Waals surface area contributed by atoms with Gasteiger partial charge < -0.3 is 15.6 Å². The number of primary amides is 1. The lowest BCUT2D eigenvalue weighted by Crippen LogP contribution is -2.47. The van der Waals surface area contributed by atoms with Gasteiger partial charge in [0.1, 0.15) is 6.54 Å². The summed E-state index contributed by atoms with van der Waals surface area (Å²) in [6.45, 7) is 0.888. The number of rotatable bonds is 5. The molecule has 1 aliphatic rings. The van der Waals surface area contributed by atoms with E-state index in [1.165, 1.54) is 12.1 Å². The van der Waals surface area contributed by atoms with Crippen molar-refractivity contribution in [2.45, 2.75) is 31.6 Å². The number of nitrogens with two attached hydrogens (primary N) is 1. The number of imidazole rings is 1. The quantitative estimate of drug-likeness (QED) is 0.809. The average molecular weight is 383 g/mol. The van der Waals surface area contributed by atoms with Gasteiger partial charge in [-0.3, -0.25) is 14.5 Å². The molecule has 0 radical (unpaired) electrons. The van der Waals surface area contributed by atoms with E-state index in [1.54, 1.807) is 12.1 Å². The molecule has 0 aliphatic carbocycles. The lowest BCUT2D eigenvalue weighted by molar-refractivity contribution is -0.147. The molecule has 1 fully saturated rings. The van der Waals surface area contributed by atoms with Gasteiger partial charge in [-0.2, -0.15) is 13.2 Å². The highest BCUT2D eigenvalue weighted by molar-refractivity contribution is 5.81. The summed E-state index contributed by atoms with van der Waals surface area (Å²) in [7, 11) is 0. The fourth-order valence-electron chi connectivity index (χ4n) is 3.32. The van der Waals surface area contributed by atoms with Gasteiger partial charge in [0, 0.05) is 19.1 Å². The van der Waals surface area contributed by atoms with Crippen molar-refractivity contribution in [3.63, 3.8) is 0 Å². The Kier molecular flexibility index (Phi) is 5.36. The second-order valence-electron chi connectivity index (χ2n) is 6.59. The van der Waals surface area contributed by atoms with Gasteiger partial charge in [-0.05, 0) is 25.0 Å². The molecule has 2 amide bonds. The van der Waals surface area contributed by atoms with Crippen LogP contribution in [0.4, 0.5) is 13.2 Å². The number of nitrogens with one attached hydrogen (secondary N) is 1. The molecule has 2 aromatic rings. The molecule has 1 aliphatic heterocycles. The number of nitrogens with zero attached hydrogens (tertiary/aromatic N) is 3. The van der Waals surface area contributed by atoms with Gasteiger partial charge in [-0.15, -0.1) is 0 Å². The first-order valence-electron chi connectivity index (χ1n) is 8.56. The maximum Gasteiger partial charge on any atom is 0.449 e. The molecular formula is C17H20F3N5O2. The SMILES string of the molecule is NC(=O)CN1CCC(NC(=O)Cn2c(C(F)(F)F)nc3ccccc32)CC1. The Labute approximate surface area is 153 Å². The molecule has 0 unspecified atom stereocenters. The molecule has 0 atom stereocenters. The van der Waals surface area contributed by atoms with Gasteiger partial charge in [0.15, 0.2) is 0 Å². The summed E-state index contributed by atoms with van der Waals surface area (Å²) in [6, 6.07) is 6.04. The number of para-hydroxylation sites is 2. The van der Waals surface area contributed by atoms with E-state index in [4.69, 9.17) is 5.73 Å². The lowest BCUT2D eigenvalue weighted by Gasteiger charge is -2.31. The van der Waals surface area contributed by atoms with Crippen LogP contribution in [0.1, 0.15) is 18.7 Å². The van der Waals surface area contributed by atoms with Crippen LogP contribution in [0.15, 0.2) is 24.3 Å². The van der Waals surface area contributed by atoms with Gasteiger partial charge in [-0.25, -0.2) is 4.98 Å². The number of likely N-dealkylation sites (tertiary alicyclic amines) is 1. The summed E-state index contributed by atoms with van der Waals surface area (Å²) in [5.74, 6) is -2.00. The molecule has 2 heterocycles. The number of hydrogen-bond acceptors (Lipinski definition) is 4. The molecule has 27 heavy (non-hydrogen) atoms. The Balaban J connectivity index is 1.67. The van der Waals surface area contributed by atoms with Gasteiger partial charge in [0.25, 0.3) is 0 Å². The Morgan fingerprint density at radius 2 is 1.85 bits per heavy atom. The zero-order valence-electron chi connectivity index (χ0n) is 14.5. The first kappa shape index (κ1) is 19.2. The molecule has 1 saturated heterocycles. The molecule has 0 spiro atoms. The van der Waals surface area contributed by atoms with Crippen molar-refractivity contribution >= 4 is 22.8 Å². The highest BCUT2D eigenvalue weighted by atomic mass is 19.4. The van der Waals surface area contributed by atoms with E-state index < -0.39 is 30.4 Å². The van der Waals surface area contributed by atoms with Crippen LogP contribution in [0.5, 0.6) is 0 Å². The fourth-order valence-corrected chi connectivity index (χ4v) is 3.32. The standard InChI is InChI=1S/C17H20F3N5O2/c18-17(19,20)16-23-12-3-1-2-4-13(12)25(16)10-15(27)22-11-5-7-24(8-6-11)9-14(21)26/h1-4,11H,5-10H2,(H2,21,26)(H,22,27). The number of aromatic nitrogens is 2. The largest absolute Gasteiger partial charge is 0.449 e. The van der Waals surface area contributed by atoms with Crippen molar-refractivity contribution in [1.29, 1.82) is 0 Å². The van der Waals surface area contributed by atoms with Crippen LogP contribution in [0.2, 0.25) is 0 Å². The Hall–Kier alpha value is -2.62. The second kappa shape index (κ2) is 7.55. The molecule has 10 heteroatoms. The third-order valence-electron chi connectivity index (χ3n) is 4.54. The van der Waals surface area contributed by atoms with E-state index in [0.717, 1.165) is 4.57 Å². The van der Waals surface area contributed by atoms with E-state index in [0.29, 0.717) is 25.9 Å². The first-order valence-corrected chi connectivity index (χ1v) is 8.56. The van der Waals surface area contributed by atoms with Crippen LogP contribution in [-0.2, 0) is 22.3 Å². The topological polar surface area (TPSA) is 93.3 Å². The van der Waals surface area contributed by atoms with Crippen LogP contribution in [-0.4, -0.2) is 51.9 Å². The first-order chi connectivity index (χ1) is 12.7. The summed E-state index contributed by atoms with van der Waals surface area (Å²) >= 11 is 0. The zero-order valence-corrected chi connectivity index (χ0v) is 14.5. The third kappa shape index (κ3) is 4.57. The monoisotopic (exact) mass is 383 g/mol. The van der Waals surface area contributed by atoms with Crippen molar-refractivity contribution in [3.8, 4) is 0 Å². The summed E-state index contributed by atoms with van der Waals surface area (Å²) < 4.78 is 40.7. The number of fused-ring (bicyclic) bond motifs is 1. The highest BCUT2D eigenvalue weighted by Gasteiger charge is 2.38. The van der Waals surface area contributed by atoms with Gasteiger partial charge in [0.05, 0.1) is 17.6 Å². The minimum Gasteiger partial charge on any atom is -0.369 e. The molecule has 3 rings (SSSR count). The van der Waals surface area contributed by atoms with Gasteiger partial charge >= 0.3 is 6.18 Å². The van der Waals surface area contributed by atoms with Gasteiger partial charge in [0.2, 0.25) is 17.6 Å². The smallest absolute Gasteiger partial charge is 0.369 e. The van der Waals surface area contributed by atoms with Crippen molar-refractivity contribution in [1.82, 2.24) is 19.8 Å². The third-order valence-corrected chi connectivity index (χ3v) is 4.54. The number of halogens is 3. The minimum atomic E-state index is -4.65. The summed E-state index contributed by atoms with van der Waals surface area (Å²) in [5.41, 5.74) is 5.61. The molecule has 0 saturated carbocycles. The number of carbonyl (C=O) groups is 2. The maximum absolute atomic E-state index is 13.3. The molecule has 1 aromatic heterocycles. The summed E-state index contributed by atoms with van der Waals surface area (Å²) in [4.78, 5) is 28.8. The summed E-state index contributed by atoms with van der Waals surface area (Å²) in [6.07, 6.45) is -3.44. The Bertz CT molecular complexity index is 841. The number of piperidine rings is 1. The molecule has 1 aromatic carbocycles. The molecule has 146 valence electrons. The Morgan fingerprint density at radius 1 is 1.19 bits per heavy atom. The lowest BCUT2D eigenvalue weighted by atomic mass is 10.1. The Morgan fingerprint density at radius 3 is 2.48 bits per heavy atom. The predicted octanol–water partition coefficient (Wildman–Crippen LogP) is 1.12. The van der Waals surface area contributed by atoms with Crippen molar-refractivity contribution in [2.75, 3.05) is 19.6 Å². The van der Waals surface area contributed by atoms with E-state index in [-0.39, 0.29) is 23.6 Å². The minimum absolute atomic E-state index is 0.147. The normalized spacial score (nSPS) is 16.6. The van der Waals surface area contributed by atoms with E-state index in [1.807, 2.05) is 4.90 Å². The molecule has 3 N–H and O–H groups in total. The molecule has 0 bridgehead atoms. The zero-order chi connectivity index (χ0) is 19.6. The van der Waals surface area contributed by atoms with Crippen molar-refractivity contribution in [2.24, 2.45) is 5.73 Å². The van der Waals surface area contributed by atoms with Crippen LogP contribution >= 0.6 is 0 Å². The van der Waals surface area contributed by atoms with Crippen LogP contribution < -0.4 is 11.1 Å². The molecular weight excluding hydrogens is 363 g/mol. The second-order valence-corrected chi connectivity index (χ2v) is 6.59. The highest BCUT2D eigenvalue weighted by Crippen LogP contribution is 2.31. The number of benzene rings is 1. The van der Waals surface area contributed by atoms with Crippen LogP contribution in [0, 0.1) is 0 Å². The van der Waals surface area contributed by atoms with E-state index in [2.05, 4.69) is 10.3 Å². The number of amides is 2. The van der Waals surface area contributed by atoms with Gasteiger partial charge in [-0.1, -0.05) is 12.1 Å². The van der Waals surface area contributed by atoms with Crippen molar-refractivity contribution < 1.29 is 22.8 Å². The number of carbonyl (C=O) groups excluding carboxylic acids is 2. The number of alkyl halides is 3. The van der Waals surface area contributed by atoms with Crippen LogP contribution in [0.25, 0.3) is 11.0 Å². The van der Waals surface area contributed by atoms with Crippen LogP contribution in [0.3, 0.4) is 0 Å². The van der Waals surface area contributed by atoms with Crippen molar-refractivity contribution in [3.05, 3.63) is 30.1 Å². The predicted molar refractivity (Wildman–Crippen MR) is 91.5 cm³/mol. The van der Waals surface area contributed by atoms with E-state index in [9.17, 15) is 22.8 Å². The average Bonchev–Trinajstić information content (AvgIpc) is 2.95. The maximum atomic E-state index is 13.3. The summed E-state index contributed by atoms with van der Waals surface area (Å²) in [5, 5.41) is 2.78. The fraction of sp³-hybridized carbons (Fsp3) is 0.471. The molecule has 7 nitrogen and oxygen atoms in total.